The van der Waals surface area contributed by atoms with Gasteiger partial charge in [0, 0.05) is 38.6 Å². The van der Waals surface area contributed by atoms with Crippen LogP contribution >= 0.6 is 0 Å². The Morgan fingerprint density at radius 2 is 0.985 bits per heavy atom. The number of hydrogen-bond acceptors (Lipinski definition) is 2. The fourth-order valence-electron chi connectivity index (χ4n) is 10.8. The van der Waals surface area contributed by atoms with Gasteiger partial charge in [0.1, 0.15) is 11.2 Å². The van der Waals surface area contributed by atoms with Crippen LogP contribution in [-0.4, -0.2) is 4.57 Å². The predicted molar refractivity (Wildman–Crippen MR) is 277 cm³/mol. The maximum atomic E-state index is 6.71. The van der Waals surface area contributed by atoms with Crippen LogP contribution in [0.25, 0.3) is 93.9 Å². The third-order valence-electron chi connectivity index (χ3n) is 14.0. The van der Waals surface area contributed by atoms with Crippen molar-refractivity contribution >= 4 is 60.8 Å². The molecule has 0 aliphatic heterocycles. The van der Waals surface area contributed by atoms with Crippen molar-refractivity contribution in [1.82, 2.24) is 4.57 Å². The van der Waals surface area contributed by atoms with E-state index in [0.29, 0.717) is 0 Å². The quantitative estimate of drug-likeness (QED) is 0.159. The second kappa shape index (κ2) is 14.8. The molecule has 0 amide bonds. The maximum Gasteiger partial charge on any atom is 0.137 e. The minimum atomic E-state index is -0.0876. The number of anilines is 3. The van der Waals surface area contributed by atoms with Crippen molar-refractivity contribution in [3.05, 3.63) is 242 Å². The summed E-state index contributed by atoms with van der Waals surface area (Å²) in [6.45, 7) is 4.70. The Bertz CT molecular complexity index is 3840. The predicted octanol–water partition coefficient (Wildman–Crippen LogP) is 17.5. The van der Waals surface area contributed by atoms with E-state index < -0.39 is 0 Å². The van der Waals surface area contributed by atoms with Crippen molar-refractivity contribution in [2.75, 3.05) is 4.90 Å². The molecule has 66 heavy (non-hydrogen) atoms. The molecule has 2 aromatic heterocycles. The van der Waals surface area contributed by atoms with E-state index in [-0.39, 0.29) is 5.41 Å². The van der Waals surface area contributed by atoms with Gasteiger partial charge in [0.15, 0.2) is 0 Å². The third kappa shape index (κ3) is 5.97. The molecule has 10 aromatic carbocycles. The van der Waals surface area contributed by atoms with Gasteiger partial charge in [-0.15, -0.1) is 0 Å². The van der Waals surface area contributed by atoms with Crippen LogP contribution in [0, 0.1) is 0 Å². The highest BCUT2D eigenvalue weighted by Gasteiger charge is 2.35. The molecule has 2 heterocycles. The van der Waals surface area contributed by atoms with Crippen molar-refractivity contribution in [3.8, 4) is 50.2 Å². The van der Waals surface area contributed by atoms with Gasteiger partial charge >= 0.3 is 0 Å². The van der Waals surface area contributed by atoms with Gasteiger partial charge in [-0.1, -0.05) is 159 Å². The van der Waals surface area contributed by atoms with Gasteiger partial charge in [-0.3, -0.25) is 0 Å². The molecule has 1 aliphatic rings. The van der Waals surface area contributed by atoms with Gasteiger partial charge < -0.3 is 13.9 Å². The van der Waals surface area contributed by atoms with Crippen LogP contribution in [0.3, 0.4) is 0 Å². The minimum Gasteiger partial charge on any atom is -0.456 e. The zero-order valence-electron chi connectivity index (χ0n) is 36.7. The SMILES string of the molecule is CC1(C)c2ccccc2-c2ccc(-c3cccc(N(c4ccc(-c5ccccc5)cc4)c4cccc5oc6ccc(-c7ccc8c(c7)c7ccccc7n8-c7ccccc7)cc6c45)c3)cc21. The topological polar surface area (TPSA) is 21.3 Å². The van der Waals surface area contributed by atoms with Crippen LogP contribution in [0.15, 0.2) is 235 Å². The smallest absolute Gasteiger partial charge is 0.137 e. The van der Waals surface area contributed by atoms with E-state index in [4.69, 9.17) is 4.42 Å². The van der Waals surface area contributed by atoms with Gasteiger partial charge in [-0.2, -0.15) is 0 Å². The highest BCUT2D eigenvalue weighted by atomic mass is 16.3. The molecule has 12 aromatic rings. The Labute approximate surface area is 384 Å². The van der Waals surface area contributed by atoms with E-state index >= 15 is 0 Å². The first-order valence-corrected chi connectivity index (χ1v) is 22.8. The fourth-order valence-corrected chi connectivity index (χ4v) is 10.8. The first kappa shape index (κ1) is 38.1. The lowest BCUT2D eigenvalue weighted by Crippen LogP contribution is -2.14. The summed E-state index contributed by atoms with van der Waals surface area (Å²) in [6, 6.07) is 83.8. The van der Waals surface area contributed by atoms with Crippen LogP contribution in [-0.2, 0) is 5.41 Å². The van der Waals surface area contributed by atoms with Gasteiger partial charge in [0.25, 0.3) is 0 Å². The fraction of sp³-hybridized carbons (Fsp3) is 0.0476. The van der Waals surface area contributed by atoms with Crippen molar-refractivity contribution in [2.24, 2.45) is 0 Å². The van der Waals surface area contributed by atoms with E-state index in [1.165, 1.54) is 66.3 Å². The maximum absolute atomic E-state index is 6.71. The van der Waals surface area contributed by atoms with Crippen LogP contribution in [0.1, 0.15) is 25.0 Å². The van der Waals surface area contributed by atoms with Gasteiger partial charge in [0.05, 0.1) is 22.1 Å². The Balaban J connectivity index is 0.968. The normalized spacial score (nSPS) is 12.8. The van der Waals surface area contributed by atoms with E-state index in [1.54, 1.807) is 0 Å². The van der Waals surface area contributed by atoms with Gasteiger partial charge in [-0.05, 0) is 141 Å². The molecule has 312 valence electrons. The van der Waals surface area contributed by atoms with Crippen molar-refractivity contribution in [1.29, 1.82) is 0 Å². The van der Waals surface area contributed by atoms with Crippen molar-refractivity contribution in [2.45, 2.75) is 19.3 Å². The number of benzene rings is 10. The van der Waals surface area contributed by atoms with Crippen molar-refractivity contribution < 1.29 is 4.42 Å². The minimum absolute atomic E-state index is 0.0876. The standard InChI is InChI=1S/C63H44N2O/c1-63(2)55-23-11-9-21-50(55)51-34-29-46(40-56(51)63)43-17-13-20-49(37-43)64(48-32-27-42(28-33-48)41-15-5-3-6-16-41)59-25-14-26-61-62(59)54-39-45(31-36-60(54)66-61)44-30-35-58-53(38-44)52-22-10-12-24-57(52)65(58)47-18-7-4-8-19-47/h3-40H,1-2H3. The second-order valence-corrected chi connectivity index (χ2v) is 18.1. The number of para-hydroxylation sites is 2. The molecule has 0 bridgehead atoms. The molecule has 0 atom stereocenters. The summed E-state index contributed by atoms with van der Waals surface area (Å²) in [5.74, 6) is 0. The number of fused-ring (bicyclic) bond motifs is 9. The van der Waals surface area contributed by atoms with E-state index in [2.05, 4.69) is 254 Å². The molecule has 0 saturated carbocycles. The average molecular weight is 845 g/mol. The molecular formula is C63H44N2O. The van der Waals surface area contributed by atoms with E-state index in [0.717, 1.165) is 55.8 Å². The highest BCUT2D eigenvalue weighted by molar-refractivity contribution is 6.15. The highest BCUT2D eigenvalue weighted by Crippen LogP contribution is 2.50. The molecule has 0 N–H and O–H groups in total. The first-order valence-electron chi connectivity index (χ1n) is 22.8. The molecule has 0 fully saturated rings. The lowest BCUT2D eigenvalue weighted by atomic mass is 9.81. The van der Waals surface area contributed by atoms with E-state index in [1.807, 2.05) is 0 Å². The van der Waals surface area contributed by atoms with E-state index in [9.17, 15) is 0 Å². The molecule has 1 aliphatic carbocycles. The van der Waals surface area contributed by atoms with Crippen LogP contribution < -0.4 is 4.90 Å². The average Bonchev–Trinajstić information content (AvgIpc) is 4.00. The Kier molecular flexibility index (Phi) is 8.56. The molecule has 3 heteroatoms. The zero-order chi connectivity index (χ0) is 43.9. The first-order chi connectivity index (χ1) is 32.5. The molecule has 13 rings (SSSR count). The van der Waals surface area contributed by atoms with Gasteiger partial charge in [-0.25, -0.2) is 0 Å². The molecule has 0 saturated heterocycles. The molecular weight excluding hydrogens is 801 g/mol. The second-order valence-electron chi connectivity index (χ2n) is 18.1. The number of nitrogens with zero attached hydrogens (tertiary/aromatic N) is 2. The molecule has 0 radical (unpaired) electrons. The van der Waals surface area contributed by atoms with Crippen molar-refractivity contribution in [3.63, 3.8) is 0 Å². The summed E-state index contributed by atoms with van der Waals surface area (Å²) < 4.78 is 9.08. The summed E-state index contributed by atoms with van der Waals surface area (Å²) in [5.41, 5.74) is 20.8. The Hall–Kier alpha value is -8.40. The Morgan fingerprint density at radius 1 is 0.379 bits per heavy atom. The van der Waals surface area contributed by atoms with Crippen LogP contribution in [0.2, 0.25) is 0 Å². The molecule has 3 nitrogen and oxygen atoms in total. The number of aromatic nitrogens is 1. The molecule has 0 unspecified atom stereocenters. The largest absolute Gasteiger partial charge is 0.456 e. The van der Waals surface area contributed by atoms with Crippen LogP contribution in [0.4, 0.5) is 17.1 Å². The lowest BCUT2D eigenvalue weighted by Gasteiger charge is -2.27. The van der Waals surface area contributed by atoms with Crippen LogP contribution in [0.5, 0.6) is 0 Å². The Morgan fingerprint density at radius 3 is 1.83 bits per heavy atom. The number of rotatable bonds is 7. The number of hydrogen-bond donors (Lipinski definition) is 0. The summed E-state index contributed by atoms with van der Waals surface area (Å²) in [5, 5.41) is 4.62. The zero-order valence-corrected chi connectivity index (χ0v) is 36.7. The monoisotopic (exact) mass is 844 g/mol. The summed E-state index contributed by atoms with van der Waals surface area (Å²) in [6.07, 6.45) is 0. The lowest BCUT2D eigenvalue weighted by molar-refractivity contribution is 0.660. The molecule has 0 spiro atoms. The summed E-state index contributed by atoms with van der Waals surface area (Å²) >= 11 is 0. The summed E-state index contributed by atoms with van der Waals surface area (Å²) in [7, 11) is 0. The number of furan rings is 1. The van der Waals surface area contributed by atoms with Gasteiger partial charge in [0.2, 0.25) is 0 Å². The third-order valence-corrected chi connectivity index (χ3v) is 14.0. The summed E-state index contributed by atoms with van der Waals surface area (Å²) in [4.78, 5) is 2.40.